The molecule has 0 aliphatic carbocycles. The number of rotatable bonds is 4. The zero-order chi connectivity index (χ0) is 14.0. The molecule has 0 aliphatic heterocycles. The number of carbonyl (C=O) groups excluding carboxylic acids is 1. The van der Waals surface area contributed by atoms with Gasteiger partial charge in [-0.15, -0.1) is 0 Å². The summed E-state index contributed by atoms with van der Waals surface area (Å²) in [7, 11) is 0. The fraction of sp³-hybridized carbons (Fsp3) is 0.385. The number of hydrogen-bond donors (Lipinski definition) is 4. The molecule has 6 heteroatoms. The zero-order valence-corrected chi connectivity index (χ0v) is 11.0. The number of amides is 1. The second-order valence-corrected chi connectivity index (χ2v) is 5.40. The molecule has 1 amide bonds. The minimum atomic E-state index is -0.514. The van der Waals surface area contributed by atoms with Crippen molar-refractivity contribution >= 4 is 16.9 Å². The van der Waals surface area contributed by atoms with Crippen molar-refractivity contribution in [1.82, 2.24) is 15.3 Å². The molecule has 5 N–H and O–H groups in total. The quantitative estimate of drug-likeness (QED) is 0.648. The Labute approximate surface area is 110 Å². The first-order chi connectivity index (χ1) is 8.83. The SMILES string of the molecule is CC(C)(N)CC(=O)NCc1ccc2[nH]c(=O)[nH]c2c1. The van der Waals surface area contributed by atoms with Gasteiger partial charge in [0.2, 0.25) is 5.91 Å². The molecule has 102 valence electrons. The molecular weight excluding hydrogens is 244 g/mol. The van der Waals surface area contributed by atoms with E-state index in [0.29, 0.717) is 6.54 Å². The van der Waals surface area contributed by atoms with Gasteiger partial charge in [-0.2, -0.15) is 0 Å². The van der Waals surface area contributed by atoms with Gasteiger partial charge in [0.15, 0.2) is 0 Å². The largest absolute Gasteiger partial charge is 0.352 e. The van der Waals surface area contributed by atoms with Crippen molar-refractivity contribution in [2.45, 2.75) is 32.4 Å². The lowest BCUT2D eigenvalue weighted by Gasteiger charge is -2.17. The van der Waals surface area contributed by atoms with E-state index in [1.807, 2.05) is 32.0 Å². The number of H-pyrrole nitrogens is 2. The van der Waals surface area contributed by atoms with Crippen LogP contribution in [0.3, 0.4) is 0 Å². The van der Waals surface area contributed by atoms with Crippen LogP contribution in [-0.2, 0) is 11.3 Å². The van der Waals surface area contributed by atoms with Crippen molar-refractivity contribution < 1.29 is 4.79 Å². The van der Waals surface area contributed by atoms with Gasteiger partial charge in [0, 0.05) is 18.5 Å². The molecule has 2 aromatic rings. The standard InChI is InChI=1S/C13H18N4O2/c1-13(2,14)6-11(18)15-7-8-3-4-9-10(5-8)17-12(19)16-9/h3-5H,6-7,14H2,1-2H3,(H,15,18)(H2,16,17,19). The van der Waals surface area contributed by atoms with Gasteiger partial charge in [0.05, 0.1) is 11.0 Å². The summed E-state index contributed by atoms with van der Waals surface area (Å²) in [6.07, 6.45) is 0.274. The number of aromatic nitrogens is 2. The van der Waals surface area contributed by atoms with E-state index >= 15 is 0 Å². The summed E-state index contributed by atoms with van der Waals surface area (Å²) >= 11 is 0. The maximum atomic E-state index is 11.6. The van der Waals surface area contributed by atoms with Gasteiger partial charge in [-0.3, -0.25) is 4.79 Å². The van der Waals surface area contributed by atoms with Crippen LogP contribution >= 0.6 is 0 Å². The summed E-state index contributed by atoms with van der Waals surface area (Å²) < 4.78 is 0. The third-order valence-corrected chi connectivity index (χ3v) is 2.69. The van der Waals surface area contributed by atoms with Crippen molar-refractivity contribution in [2.24, 2.45) is 5.73 Å². The summed E-state index contributed by atoms with van der Waals surface area (Å²) in [5.74, 6) is -0.0878. The molecule has 6 nitrogen and oxygen atoms in total. The molecule has 0 fully saturated rings. The van der Waals surface area contributed by atoms with Crippen molar-refractivity contribution in [1.29, 1.82) is 0 Å². The van der Waals surface area contributed by atoms with E-state index < -0.39 is 5.54 Å². The minimum Gasteiger partial charge on any atom is -0.352 e. The number of nitrogens with two attached hydrogens (primary N) is 1. The molecule has 0 saturated carbocycles. The smallest absolute Gasteiger partial charge is 0.323 e. The van der Waals surface area contributed by atoms with Crippen LogP contribution in [0.2, 0.25) is 0 Å². The molecule has 0 aliphatic rings. The highest BCUT2D eigenvalue weighted by Crippen LogP contribution is 2.10. The Morgan fingerprint density at radius 1 is 1.32 bits per heavy atom. The predicted molar refractivity (Wildman–Crippen MR) is 73.6 cm³/mol. The number of aromatic amines is 2. The molecule has 0 atom stereocenters. The summed E-state index contributed by atoms with van der Waals surface area (Å²) in [5, 5.41) is 2.81. The van der Waals surface area contributed by atoms with Crippen LogP contribution in [-0.4, -0.2) is 21.4 Å². The highest BCUT2D eigenvalue weighted by atomic mass is 16.1. The summed E-state index contributed by atoms with van der Waals surface area (Å²) in [6.45, 7) is 4.03. The van der Waals surface area contributed by atoms with Crippen LogP contribution in [0.5, 0.6) is 0 Å². The minimum absolute atomic E-state index is 0.0878. The van der Waals surface area contributed by atoms with E-state index in [1.165, 1.54) is 0 Å². The van der Waals surface area contributed by atoms with Gasteiger partial charge in [-0.25, -0.2) is 4.79 Å². The van der Waals surface area contributed by atoms with Gasteiger partial charge in [0.1, 0.15) is 0 Å². The first-order valence-electron chi connectivity index (χ1n) is 6.10. The fourth-order valence-electron chi connectivity index (χ4n) is 1.87. The van der Waals surface area contributed by atoms with Gasteiger partial charge in [-0.05, 0) is 31.5 Å². The lowest BCUT2D eigenvalue weighted by molar-refractivity contribution is -0.122. The molecule has 0 saturated heterocycles. The maximum Gasteiger partial charge on any atom is 0.323 e. The molecule has 1 aromatic heterocycles. The molecule has 0 spiro atoms. The second-order valence-electron chi connectivity index (χ2n) is 5.40. The Bertz CT molecular complexity index is 648. The van der Waals surface area contributed by atoms with Crippen LogP contribution in [0.4, 0.5) is 0 Å². The summed E-state index contributed by atoms with van der Waals surface area (Å²) in [4.78, 5) is 28.1. The third kappa shape index (κ3) is 3.69. The van der Waals surface area contributed by atoms with Crippen LogP contribution in [0, 0.1) is 0 Å². The van der Waals surface area contributed by atoms with Crippen LogP contribution in [0.25, 0.3) is 11.0 Å². The average Bonchev–Trinajstić information content (AvgIpc) is 2.63. The zero-order valence-electron chi connectivity index (χ0n) is 11.0. The van der Waals surface area contributed by atoms with E-state index in [0.717, 1.165) is 16.6 Å². The monoisotopic (exact) mass is 262 g/mol. The van der Waals surface area contributed by atoms with Crippen LogP contribution < -0.4 is 16.7 Å². The Hall–Kier alpha value is -2.08. The Morgan fingerprint density at radius 2 is 2.00 bits per heavy atom. The topological polar surface area (TPSA) is 104 Å². The van der Waals surface area contributed by atoms with Crippen molar-refractivity contribution in [3.63, 3.8) is 0 Å². The van der Waals surface area contributed by atoms with Gasteiger partial charge < -0.3 is 21.0 Å². The first-order valence-corrected chi connectivity index (χ1v) is 6.10. The lowest BCUT2D eigenvalue weighted by Crippen LogP contribution is -2.38. The van der Waals surface area contributed by atoms with Gasteiger partial charge in [0.25, 0.3) is 0 Å². The normalized spacial score (nSPS) is 11.7. The van der Waals surface area contributed by atoms with E-state index in [9.17, 15) is 9.59 Å². The molecule has 0 radical (unpaired) electrons. The number of carbonyl (C=O) groups is 1. The Kier molecular flexibility index (Phi) is 3.44. The van der Waals surface area contributed by atoms with E-state index in [4.69, 9.17) is 5.73 Å². The summed E-state index contributed by atoms with van der Waals surface area (Å²) in [5.41, 5.74) is 7.44. The van der Waals surface area contributed by atoms with Crippen molar-refractivity contribution in [3.8, 4) is 0 Å². The maximum absolute atomic E-state index is 11.6. The van der Waals surface area contributed by atoms with Crippen molar-refractivity contribution in [3.05, 3.63) is 34.2 Å². The molecular formula is C13H18N4O2. The molecule has 0 unspecified atom stereocenters. The van der Waals surface area contributed by atoms with Gasteiger partial charge >= 0.3 is 5.69 Å². The van der Waals surface area contributed by atoms with E-state index in [2.05, 4.69) is 15.3 Å². The van der Waals surface area contributed by atoms with E-state index in [1.54, 1.807) is 0 Å². The van der Waals surface area contributed by atoms with Crippen LogP contribution in [0.15, 0.2) is 23.0 Å². The number of nitrogens with one attached hydrogen (secondary N) is 3. The predicted octanol–water partition coefficient (Wildman–Crippen LogP) is 0.600. The van der Waals surface area contributed by atoms with Crippen molar-refractivity contribution in [2.75, 3.05) is 0 Å². The fourth-order valence-corrected chi connectivity index (χ4v) is 1.87. The van der Waals surface area contributed by atoms with E-state index in [-0.39, 0.29) is 18.0 Å². The summed E-state index contributed by atoms with van der Waals surface area (Å²) in [6, 6.07) is 5.50. The number of benzene rings is 1. The molecule has 19 heavy (non-hydrogen) atoms. The highest BCUT2D eigenvalue weighted by molar-refractivity contribution is 5.78. The molecule has 1 aromatic carbocycles. The van der Waals surface area contributed by atoms with Gasteiger partial charge in [-0.1, -0.05) is 6.07 Å². The first kappa shape index (κ1) is 13.4. The lowest BCUT2D eigenvalue weighted by atomic mass is 10.0. The average molecular weight is 262 g/mol. The highest BCUT2D eigenvalue weighted by Gasteiger charge is 2.15. The molecule has 1 heterocycles. The Morgan fingerprint density at radius 3 is 2.68 bits per heavy atom. The Balaban J connectivity index is 2.01. The van der Waals surface area contributed by atoms with Crippen LogP contribution in [0.1, 0.15) is 25.8 Å². The number of fused-ring (bicyclic) bond motifs is 1. The number of imidazole rings is 1. The molecule has 2 rings (SSSR count). The molecule has 0 bridgehead atoms. The number of hydrogen-bond acceptors (Lipinski definition) is 3. The second kappa shape index (κ2) is 4.89. The third-order valence-electron chi connectivity index (χ3n) is 2.69.